The molecule has 100 valence electrons. The number of Topliss-reactive ketones (excluding diaryl/α,β-unsaturated/α-hetero) is 1. The van der Waals surface area contributed by atoms with Crippen LogP contribution in [-0.4, -0.2) is 32.8 Å². The van der Waals surface area contributed by atoms with E-state index >= 15 is 0 Å². The van der Waals surface area contributed by atoms with Gasteiger partial charge < -0.3 is 4.57 Å². The molecule has 0 fully saturated rings. The fraction of sp³-hybridized carbons (Fsp3) is 0.385. The number of ketones is 1. The maximum atomic E-state index is 12.4. The van der Waals surface area contributed by atoms with E-state index in [1.165, 1.54) is 11.3 Å². The SMILES string of the molecule is CC(C(=O)c1ccc(Cl)s1)N1CCn2ccnc2C1. The molecule has 0 spiro atoms. The monoisotopic (exact) mass is 295 g/mol. The summed E-state index contributed by atoms with van der Waals surface area (Å²) in [5, 5.41) is 0. The first-order valence-electron chi connectivity index (χ1n) is 6.19. The van der Waals surface area contributed by atoms with Gasteiger partial charge in [-0.1, -0.05) is 11.6 Å². The molecular weight excluding hydrogens is 282 g/mol. The first kappa shape index (κ1) is 12.8. The van der Waals surface area contributed by atoms with Gasteiger partial charge in [0.2, 0.25) is 0 Å². The van der Waals surface area contributed by atoms with Gasteiger partial charge >= 0.3 is 0 Å². The summed E-state index contributed by atoms with van der Waals surface area (Å²) in [5.74, 6) is 1.16. The average Bonchev–Trinajstić information content (AvgIpc) is 3.04. The second-order valence-corrected chi connectivity index (χ2v) is 6.37. The fourth-order valence-electron chi connectivity index (χ4n) is 2.34. The Hall–Kier alpha value is -1.17. The molecule has 0 radical (unpaired) electrons. The van der Waals surface area contributed by atoms with Gasteiger partial charge in [-0.3, -0.25) is 9.69 Å². The van der Waals surface area contributed by atoms with Crippen LogP contribution in [0.15, 0.2) is 24.5 Å². The van der Waals surface area contributed by atoms with Gasteiger partial charge in [-0.15, -0.1) is 11.3 Å². The Labute approximate surface area is 120 Å². The molecule has 1 atom stereocenters. The van der Waals surface area contributed by atoms with Crippen molar-refractivity contribution in [2.24, 2.45) is 0 Å². The van der Waals surface area contributed by atoms with E-state index in [0.717, 1.165) is 30.3 Å². The summed E-state index contributed by atoms with van der Waals surface area (Å²) in [5.41, 5.74) is 0. The summed E-state index contributed by atoms with van der Waals surface area (Å²) in [6.45, 7) is 4.43. The number of aromatic nitrogens is 2. The number of hydrogen-bond acceptors (Lipinski definition) is 4. The van der Waals surface area contributed by atoms with Gasteiger partial charge in [-0.25, -0.2) is 4.98 Å². The van der Waals surface area contributed by atoms with E-state index in [9.17, 15) is 4.79 Å². The number of fused-ring (bicyclic) bond motifs is 1. The Kier molecular flexibility index (Phi) is 3.43. The molecule has 4 nitrogen and oxygen atoms in total. The Balaban J connectivity index is 1.75. The highest BCUT2D eigenvalue weighted by molar-refractivity contribution is 7.18. The van der Waals surface area contributed by atoms with Gasteiger partial charge in [0, 0.05) is 25.5 Å². The van der Waals surface area contributed by atoms with Gasteiger partial charge in [0.1, 0.15) is 5.82 Å². The zero-order chi connectivity index (χ0) is 13.4. The molecule has 19 heavy (non-hydrogen) atoms. The van der Waals surface area contributed by atoms with Crippen molar-refractivity contribution < 1.29 is 4.79 Å². The second-order valence-electron chi connectivity index (χ2n) is 4.65. The lowest BCUT2D eigenvalue weighted by Crippen LogP contribution is -2.43. The van der Waals surface area contributed by atoms with Crippen LogP contribution in [0.25, 0.3) is 0 Å². The van der Waals surface area contributed by atoms with Crippen LogP contribution in [0, 0.1) is 0 Å². The van der Waals surface area contributed by atoms with E-state index in [2.05, 4.69) is 14.5 Å². The molecule has 0 bridgehead atoms. The molecule has 1 unspecified atom stereocenters. The van der Waals surface area contributed by atoms with Crippen molar-refractivity contribution in [2.75, 3.05) is 6.54 Å². The van der Waals surface area contributed by atoms with Crippen LogP contribution in [0.5, 0.6) is 0 Å². The third-order valence-electron chi connectivity index (χ3n) is 3.52. The summed E-state index contributed by atoms with van der Waals surface area (Å²) in [4.78, 5) is 19.6. The van der Waals surface area contributed by atoms with Crippen LogP contribution < -0.4 is 0 Å². The highest BCUT2D eigenvalue weighted by Gasteiger charge is 2.27. The lowest BCUT2D eigenvalue weighted by Gasteiger charge is -2.31. The van der Waals surface area contributed by atoms with Crippen molar-refractivity contribution in [1.82, 2.24) is 14.5 Å². The normalized spacial score (nSPS) is 17.2. The number of carbonyl (C=O) groups is 1. The molecule has 0 aromatic carbocycles. The first-order valence-corrected chi connectivity index (χ1v) is 7.38. The maximum absolute atomic E-state index is 12.4. The largest absolute Gasteiger partial charge is 0.333 e. The number of imidazole rings is 1. The molecule has 1 aliphatic rings. The quantitative estimate of drug-likeness (QED) is 0.817. The number of halogens is 1. The molecule has 6 heteroatoms. The Morgan fingerprint density at radius 3 is 3.05 bits per heavy atom. The van der Waals surface area contributed by atoms with E-state index in [0.29, 0.717) is 4.34 Å². The average molecular weight is 296 g/mol. The molecule has 0 saturated carbocycles. The molecular formula is C13H14ClN3OS. The Bertz CT molecular complexity index is 607. The topological polar surface area (TPSA) is 38.1 Å². The number of rotatable bonds is 3. The molecule has 2 aromatic rings. The minimum Gasteiger partial charge on any atom is -0.333 e. The third-order valence-corrected chi connectivity index (χ3v) is 4.76. The summed E-state index contributed by atoms with van der Waals surface area (Å²) >= 11 is 7.23. The highest BCUT2D eigenvalue weighted by atomic mass is 35.5. The van der Waals surface area contributed by atoms with Gasteiger partial charge in [0.05, 0.1) is 21.8 Å². The smallest absolute Gasteiger partial charge is 0.189 e. The zero-order valence-corrected chi connectivity index (χ0v) is 12.1. The molecule has 3 heterocycles. The Morgan fingerprint density at radius 2 is 2.32 bits per heavy atom. The van der Waals surface area contributed by atoms with E-state index < -0.39 is 0 Å². The number of carbonyl (C=O) groups excluding carboxylic acids is 1. The van der Waals surface area contributed by atoms with E-state index in [-0.39, 0.29) is 11.8 Å². The van der Waals surface area contributed by atoms with Crippen molar-refractivity contribution in [1.29, 1.82) is 0 Å². The second kappa shape index (κ2) is 5.07. The summed E-state index contributed by atoms with van der Waals surface area (Å²) in [6.07, 6.45) is 3.79. The van der Waals surface area contributed by atoms with Crippen LogP contribution in [0.3, 0.4) is 0 Å². The van der Waals surface area contributed by atoms with Crippen molar-refractivity contribution in [2.45, 2.75) is 26.1 Å². The van der Waals surface area contributed by atoms with Crippen molar-refractivity contribution >= 4 is 28.7 Å². The standard InChI is InChI=1S/C13H14ClN3OS/c1-9(13(18)10-2-3-11(14)19-10)17-7-6-16-5-4-15-12(16)8-17/h2-5,9H,6-8H2,1H3. The van der Waals surface area contributed by atoms with Gasteiger partial charge in [-0.05, 0) is 19.1 Å². The lowest BCUT2D eigenvalue weighted by molar-refractivity contribution is 0.0797. The summed E-state index contributed by atoms with van der Waals surface area (Å²) in [6, 6.07) is 3.44. The molecule has 0 saturated heterocycles. The molecule has 1 aliphatic heterocycles. The molecule has 0 N–H and O–H groups in total. The number of nitrogens with zero attached hydrogens (tertiary/aromatic N) is 3. The molecule has 0 aliphatic carbocycles. The van der Waals surface area contributed by atoms with Crippen molar-refractivity contribution in [3.05, 3.63) is 39.6 Å². The van der Waals surface area contributed by atoms with Crippen LogP contribution in [0.1, 0.15) is 22.4 Å². The minimum absolute atomic E-state index is 0.136. The fourth-order valence-corrected chi connectivity index (χ4v) is 3.41. The maximum Gasteiger partial charge on any atom is 0.189 e. The van der Waals surface area contributed by atoms with Crippen LogP contribution >= 0.6 is 22.9 Å². The highest BCUT2D eigenvalue weighted by Crippen LogP contribution is 2.24. The Morgan fingerprint density at radius 1 is 1.47 bits per heavy atom. The van der Waals surface area contributed by atoms with E-state index in [1.54, 1.807) is 12.1 Å². The lowest BCUT2D eigenvalue weighted by atomic mass is 10.1. The predicted molar refractivity (Wildman–Crippen MR) is 75.8 cm³/mol. The zero-order valence-electron chi connectivity index (χ0n) is 10.5. The summed E-state index contributed by atoms with van der Waals surface area (Å²) in [7, 11) is 0. The van der Waals surface area contributed by atoms with Crippen molar-refractivity contribution in [3.8, 4) is 0 Å². The first-order chi connectivity index (χ1) is 9.15. The third kappa shape index (κ3) is 2.45. The van der Waals surface area contributed by atoms with Gasteiger partial charge in [0.15, 0.2) is 5.78 Å². The molecule has 3 rings (SSSR count). The van der Waals surface area contributed by atoms with Crippen LogP contribution in [0.4, 0.5) is 0 Å². The van der Waals surface area contributed by atoms with E-state index in [4.69, 9.17) is 11.6 Å². The number of hydrogen-bond donors (Lipinski definition) is 0. The van der Waals surface area contributed by atoms with Gasteiger partial charge in [0.25, 0.3) is 0 Å². The predicted octanol–water partition coefficient (Wildman–Crippen LogP) is 2.69. The summed E-state index contributed by atoms with van der Waals surface area (Å²) < 4.78 is 2.79. The van der Waals surface area contributed by atoms with E-state index in [1.807, 2.05) is 19.3 Å². The van der Waals surface area contributed by atoms with Crippen molar-refractivity contribution in [3.63, 3.8) is 0 Å². The van der Waals surface area contributed by atoms with Crippen LogP contribution in [0.2, 0.25) is 4.34 Å². The number of thiophene rings is 1. The van der Waals surface area contributed by atoms with Crippen LogP contribution in [-0.2, 0) is 13.1 Å². The molecule has 0 amide bonds. The van der Waals surface area contributed by atoms with Gasteiger partial charge in [-0.2, -0.15) is 0 Å². The molecule has 2 aromatic heterocycles. The minimum atomic E-state index is -0.139.